The van der Waals surface area contributed by atoms with Gasteiger partial charge in [-0.2, -0.15) is 15.8 Å². The molecule has 1 aromatic carbocycles. The molecule has 0 saturated heterocycles. The number of benzene rings is 1. The minimum absolute atomic E-state index is 0.0365. The van der Waals surface area contributed by atoms with E-state index in [1.54, 1.807) is 18.2 Å². The summed E-state index contributed by atoms with van der Waals surface area (Å²) in [6.45, 7) is 0. The Hall–Kier alpha value is -4.27. The van der Waals surface area contributed by atoms with Crippen molar-refractivity contribution in [2.75, 3.05) is 21.3 Å². The highest BCUT2D eigenvalue weighted by Crippen LogP contribution is 2.50. The third kappa shape index (κ3) is 2.80. The summed E-state index contributed by atoms with van der Waals surface area (Å²) in [5.74, 6) is -2.65. The van der Waals surface area contributed by atoms with E-state index in [-0.39, 0.29) is 28.2 Å². The predicted octanol–water partition coefficient (Wildman–Crippen LogP) is 1.48. The van der Waals surface area contributed by atoms with Gasteiger partial charge in [0.15, 0.2) is 5.75 Å². The number of hydrogen-bond donors (Lipinski definition) is 1. The van der Waals surface area contributed by atoms with Gasteiger partial charge in [0.1, 0.15) is 29.4 Å². The topological polar surface area (TPSA) is 177 Å². The molecule has 0 amide bonds. The van der Waals surface area contributed by atoms with Crippen molar-refractivity contribution < 1.29 is 23.9 Å². The van der Waals surface area contributed by atoms with E-state index in [1.165, 1.54) is 27.4 Å². The lowest BCUT2D eigenvalue weighted by atomic mass is 9.89. The zero-order chi connectivity index (χ0) is 21.1. The molecular weight excluding hydrogens is 370 g/mol. The molecule has 0 saturated carbocycles. The van der Waals surface area contributed by atoms with Crippen molar-refractivity contribution in [1.29, 1.82) is 15.8 Å². The molecule has 28 heavy (non-hydrogen) atoms. The first-order valence-corrected chi connectivity index (χ1v) is 7.45. The Labute approximate surface area is 159 Å². The first-order chi connectivity index (χ1) is 13.3. The zero-order valence-corrected chi connectivity index (χ0v) is 15.0. The van der Waals surface area contributed by atoms with Gasteiger partial charge in [-0.3, -0.25) is 10.1 Å². The van der Waals surface area contributed by atoms with E-state index < -0.39 is 27.9 Å². The molecule has 0 fully saturated rings. The zero-order valence-electron chi connectivity index (χ0n) is 15.0. The van der Waals surface area contributed by atoms with Crippen LogP contribution in [0.1, 0.15) is 5.56 Å². The molecule has 2 rings (SSSR count). The number of rotatable bonds is 5. The molecule has 0 bridgehead atoms. The molecule has 11 nitrogen and oxygen atoms in total. The molecule has 11 heteroatoms. The first kappa shape index (κ1) is 20.0. The molecular formula is C17H13N5O6. The number of nitro groups is 1. The van der Waals surface area contributed by atoms with E-state index in [4.69, 9.17) is 24.7 Å². The van der Waals surface area contributed by atoms with Crippen molar-refractivity contribution in [3.63, 3.8) is 0 Å². The van der Waals surface area contributed by atoms with Crippen LogP contribution in [0.15, 0.2) is 34.7 Å². The average molecular weight is 383 g/mol. The van der Waals surface area contributed by atoms with Crippen LogP contribution in [0, 0.1) is 44.1 Å². The molecule has 142 valence electrons. The molecule has 2 N–H and O–H groups in total. The van der Waals surface area contributed by atoms with Gasteiger partial charge in [0.2, 0.25) is 11.6 Å². The lowest BCUT2D eigenvalue weighted by molar-refractivity contribution is -0.386. The SMILES string of the molecule is COc1cc(C2(OC)OC(N)=C(C#N)C2=C(C#N)C#N)cc([N+](=O)[O-])c1OC. The summed E-state index contributed by atoms with van der Waals surface area (Å²) in [6.07, 6.45) is 0. The van der Waals surface area contributed by atoms with Gasteiger partial charge in [-0.15, -0.1) is 0 Å². The monoisotopic (exact) mass is 383 g/mol. The Morgan fingerprint density at radius 2 is 1.86 bits per heavy atom. The van der Waals surface area contributed by atoms with Gasteiger partial charge in [0.05, 0.1) is 24.7 Å². The minimum atomic E-state index is -2.06. The van der Waals surface area contributed by atoms with Gasteiger partial charge >= 0.3 is 5.69 Å². The number of ether oxygens (including phenoxy) is 4. The van der Waals surface area contributed by atoms with Gasteiger partial charge < -0.3 is 24.7 Å². The number of nitro benzene ring substituents is 1. The number of nitrogens with zero attached hydrogens (tertiary/aromatic N) is 4. The molecule has 1 heterocycles. The third-order valence-corrected chi connectivity index (χ3v) is 3.99. The predicted molar refractivity (Wildman–Crippen MR) is 91.1 cm³/mol. The summed E-state index contributed by atoms with van der Waals surface area (Å²) in [6, 6.07) is 7.43. The summed E-state index contributed by atoms with van der Waals surface area (Å²) in [4.78, 5) is 10.8. The summed E-state index contributed by atoms with van der Waals surface area (Å²) >= 11 is 0. The van der Waals surface area contributed by atoms with Crippen molar-refractivity contribution in [3.05, 3.63) is 50.4 Å². The molecule has 1 aliphatic heterocycles. The van der Waals surface area contributed by atoms with Gasteiger partial charge in [0, 0.05) is 18.7 Å². The molecule has 0 aliphatic carbocycles. The Balaban J connectivity index is 2.96. The molecule has 1 atom stereocenters. The summed E-state index contributed by atoms with van der Waals surface area (Å²) in [5.41, 5.74) is 4.17. The summed E-state index contributed by atoms with van der Waals surface area (Å²) < 4.78 is 21.1. The second-order valence-electron chi connectivity index (χ2n) is 5.24. The van der Waals surface area contributed by atoms with Crippen molar-refractivity contribution >= 4 is 5.69 Å². The van der Waals surface area contributed by atoms with E-state index in [2.05, 4.69) is 0 Å². The Morgan fingerprint density at radius 3 is 2.29 bits per heavy atom. The van der Waals surface area contributed by atoms with Crippen LogP contribution in [0.2, 0.25) is 0 Å². The van der Waals surface area contributed by atoms with E-state index >= 15 is 0 Å². The molecule has 1 aliphatic rings. The van der Waals surface area contributed by atoms with E-state index in [0.717, 1.165) is 6.07 Å². The van der Waals surface area contributed by atoms with Crippen molar-refractivity contribution in [3.8, 4) is 29.7 Å². The van der Waals surface area contributed by atoms with Crippen LogP contribution in [0.4, 0.5) is 5.69 Å². The average Bonchev–Trinajstić information content (AvgIpc) is 3.00. The highest BCUT2D eigenvalue weighted by Gasteiger charge is 2.51. The van der Waals surface area contributed by atoms with E-state index in [1.807, 2.05) is 0 Å². The second-order valence-corrected chi connectivity index (χ2v) is 5.24. The number of nitriles is 3. The fourth-order valence-corrected chi connectivity index (χ4v) is 2.82. The first-order valence-electron chi connectivity index (χ1n) is 7.45. The Bertz CT molecular complexity index is 1020. The van der Waals surface area contributed by atoms with Crippen molar-refractivity contribution in [1.82, 2.24) is 0 Å². The summed E-state index contributed by atoms with van der Waals surface area (Å²) in [5, 5.41) is 39.6. The Kier molecular flexibility index (Phi) is 5.40. The molecule has 1 unspecified atom stereocenters. The Morgan fingerprint density at radius 1 is 1.21 bits per heavy atom. The normalized spacial score (nSPS) is 17.8. The molecule has 0 aromatic heterocycles. The molecule has 1 aromatic rings. The van der Waals surface area contributed by atoms with Crippen LogP contribution in [-0.2, 0) is 15.3 Å². The fraction of sp³-hybridized carbons (Fsp3) is 0.235. The van der Waals surface area contributed by atoms with Crippen LogP contribution in [0.5, 0.6) is 11.5 Å². The van der Waals surface area contributed by atoms with Gasteiger partial charge in [-0.1, -0.05) is 0 Å². The number of hydrogen-bond acceptors (Lipinski definition) is 10. The largest absolute Gasteiger partial charge is 0.493 e. The van der Waals surface area contributed by atoms with Crippen molar-refractivity contribution in [2.24, 2.45) is 5.73 Å². The quantitative estimate of drug-likeness (QED) is 0.444. The highest BCUT2D eigenvalue weighted by atomic mass is 16.7. The maximum atomic E-state index is 11.5. The second kappa shape index (κ2) is 7.54. The van der Waals surface area contributed by atoms with Crippen LogP contribution in [0.25, 0.3) is 0 Å². The lowest BCUT2D eigenvalue weighted by Gasteiger charge is -2.29. The van der Waals surface area contributed by atoms with E-state index in [9.17, 15) is 25.9 Å². The molecule has 0 radical (unpaired) electrons. The third-order valence-electron chi connectivity index (χ3n) is 3.99. The molecule has 0 spiro atoms. The van der Waals surface area contributed by atoms with Crippen LogP contribution in [0.3, 0.4) is 0 Å². The number of methoxy groups -OCH3 is 3. The highest BCUT2D eigenvalue weighted by molar-refractivity contribution is 5.65. The van der Waals surface area contributed by atoms with Crippen LogP contribution in [-0.4, -0.2) is 26.3 Å². The van der Waals surface area contributed by atoms with Crippen LogP contribution < -0.4 is 15.2 Å². The number of allylic oxidation sites excluding steroid dienone is 1. The standard InChI is InChI=1S/C17H13N5O6/c1-25-13-5-10(4-12(22(23)24)15(13)26-2)17(27-3)14(9(6-18)7-19)11(8-20)16(21)28-17/h4-5H,21H2,1-3H3. The van der Waals surface area contributed by atoms with Crippen molar-refractivity contribution in [2.45, 2.75) is 5.79 Å². The smallest absolute Gasteiger partial charge is 0.315 e. The fourth-order valence-electron chi connectivity index (χ4n) is 2.82. The lowest BCUT2D eigenvalue weighted by Crippen LogP contribution is -2.32. The summed E-state index contributed by atoms with van der Waals surface area (Å²) in [7, 11) is 3.66. The van der Waals surface area contributed by atoms with Gasteiger partial charge in [-0.05, 0) is 6.07 Å². The number of nitrogens with two attached hydrogens (primary N) is 1. The maximum Gasteiger partial charge on any atom is 0.315 e. The van der Waals surface area contributed by atoms with Crippen LogP contribution >= 0.6 is 0 Å². The van der Waals surface area contributed by atoms with E-state index in [0.29, 0.717) is 0 Å². The minimum Gasteiger partial charge on any atom is -0.493 e. The van der Waals surface area contributed by atoms with Gasteiger partial charge in [-0.25, -0.2) is 0 Å². The van der Waals surface area contributed by atoms with Gasteiger partial charge in [0.25, 0.3) is 5.79 Å². The maximum absolute atomic E-state index is 11.5.